The van der Waals surface area contributed by atoms with Gasteiger partial charge < -0.3 is 14.5 Å². The highest BCUT2D eigenvalue weighted by Crippen LogP contribution is 2.51. The van der Waals surface area contributed by atoms with Gasteiger partial charge in [-0.3, -0.25) is 0 Å². The maximum Gasteiger partial charge on any atom is 0.152 e. The molecule has 0 unspecified atom stereocenters. The lowest BCUT2D eigenvalue weighted by molar-refractivity contribution is 0.477. The zero-order valence-electron chi connectivity index (χ0n) is 31.5. The first-order chi connectivity index (χ1) is 28.7. The number of para-hydroxylation sites is 3. The summed E-state index contributed by atoms with van der Waals surface area (Å²) in [6.45, 7) is 0. The van der Waals surface area contributed by atoms with Gasteiger partial charge in [0.1, 0.15) is 0 Å². The average Bonchev–Trinajstić information content (AvgIpc) is 3.67. The van der Waals surface area contributed by atoms with E-state index in [1.54, 1.807) is 0 Å². The van der Waals surface area contributed by atoms with Gasteiger partial charge in [0.15, 0.2) is 11.5 Å². The van der Waals surface area contributed by atoms with Gasteiger partial charge in [0.05, 0.1) is 11.4 Å². The Hall–Kier alpha value is -7.40. The molecule has 4 heteroatoms. The summed E-state index contributed by atoms with van der Waals surface area (Å²) in [4.78, 5) is 4.61. The van der Waals surface area contributed by atoms with Crippen molar-refractivity contribution in [1.29, 1.82) is 0 Å². The molecule has 0 aliphatic carbocycles. The third-order valence-corrected chi connectivity index (χ3v) is 12.2. The third kappa shape index (κ3) is 6.08. The summed E-state index contributed by atoms with van der Waals surface area (Å²) in [5.41, 5.74) is 13.4. The second-order valence-corrected chi connectivity index (χ2v) is 15.7. The molecule has 0 fully saturated rings. The van der Waals surface area contributed by atoms with Gasteiger partial charge in [-0.25, -0.2) is 0 Å². The van der Waals surface area contributed by atoms with E-state index >= 15 is 0 Å². The van der Waals surface area contributed by atoms with Crippen LogP contribution in [-0.4, -0.2) is 0 Å². The molecule has 0 bridgehead atoms. The highest BCUT2D eigenvalue weighted by atomic mass is 32.1. The van der Waals surface area contributed by atoms with Gasteiger partial charge in [0.2, 0.25) is 0 Å². The average molecular weight is 761 g/mol. The summed E-state index contributed by atoms with van der Waals surface area (Å²) in [7, 11) is 0. The van der Waals surface area contributed by atoms with Crippen LogP contribution in [0.1, 0.15) is 0 Å². The first kappa shape index (κ1) is 33.9. The van der Waals surface area contributed by atoms with Crippen LogP contribution in [0.15, 0.2) is 218 Å². The number of hydrogen-bond acceptors (Lipinski definition) is 4. The van der Waals surface area contributed by atoms with Crippen LogP contribution in [0.25, 0.3) is 53.6 Å². The van der Waals surface area contributed by atoms with Gasteiger partial charge >= 0.3 is 0 Å². The van der Waals surface area contributed by atoms with E-state index in [-0.39, 0.29) is 0 Å². The van der Waals surface area contributed by atoms with Crippen LogP contribution in [-0.2, 0) is 0 Å². The highest BCUT2D eigenvalue weighted by molar-refractivity contribution is 7.25. The Balaban J connectivity index is 0.945. The monoisotopic (exact) mass is 760 g/mol. The quantitative estimate of drug-likeness (QED) is 0.161. The van der Waals surface area contributed by atoms with Crippen LogP contribution in [0.5, 0.6) is 11.5 Å². The van der Waals surface area contributed by atoms with Crippen molar-refractivity contribution in [3.05, 3.63) is 218 Å². The molecule has 0 amide bonds. The Morgan fingerprint density at radius 1 is 0.345 bits per heavy atom. The van der Waals surface area contributed by atoms with Crippen molar-refractivity contribution in [3.8, 4) is 44.9 Å². The Morgan fingerprint density at radius 2 is 0.828 bits per heavy atom. The molecule has 0 atom stereocenters. The van der Waals surface area contributed by atoms with Crippen LogP contribution >= 0.6 is 11.3 Å². The number of anilines is 6. The molecule has 10 aromatic rings. The van der Waals surface area contributed by atoms with Crippen molar-refractivity contribution >= 4 is 65.6 Å². The molecule has 274 valence electrons. The van der Waals surface area contributed by atoms with Crippen LogP contribution < -0.4 is 14.5 Å². The summed E-state index contributed by atoms with van der Waals surface area (Å²) in [6.07, 6.45) is 0. The molecule has 0 N–H and O–H groups in total. The van der Waals surface area contributed by atoms with Crippen molar-refractivity contribution in [2.75, 3.05) is 9.80 Å². The maximum atomic E-state index is 6.54. The Kier molecular flexibility index (Phi) is 8.34. The first-order valence-electron chi connectivity index (χ1n) is 19.6. The van der Waals surface area contributed by atoms with E-state index in [2.05, 4.69) is 210 Å². The van der Waals surface area contributed by atoms with Crippen LogP contribution in [0.2, 0.25) is 0 Å². The molecular weight excluding hydrogens is 725 g/mol. The number of ether oxygens (including phenoxy) is 1. The lowest BCUT2D eigenvalue weighted by atomic mass is 10.0. The van der Waals surface area contributed by atoms with Crippen LogP contribution in [0, 0.1) is 0 Å². The fourth-order valence-electron chi connectivity index (χ4n) is 8.18. The third-order valence-electron chi connectivity index (χ3n) is 11.1. The molecule has 2 heterocycles. The second kappa shape index (κ2) is 14.3. The lowest BCUT2D eigenvalue weighted by Crippen LogP contribution is -2.15. The standard InChI is InChI=1S/C54H36N2OS/c1-3-11-37(12-4-1)38-19-27-44(28-20-38)55(45-29-21-39(22-30-45)41-26-34-54-48(35-41)47-15-7-10-18-53(47)58-54)46-31-23-40(24-32-46)42-25-33-50-52(36-42)57-51-17-9-8-16-49(51)56(50)43-13-5-2-6-14-43/h1-36H. The van der Waals surface area contributed by atoms with Crippen LogP contribution in [0.4, 0.5) is 34.1 Å². The first-order valence-corrected chi connectivity index (χ1v) is 20.4. The van der Waals surface area contributed by atoms with Gasteiger partial charge in [-0.2, -0.15) is 0 Å². The minimum absolute atomic E-state index is 0.829. The molecule has 0 radical (unpaired) electrons. The Labute approximate surface area is 341 Å². The summed E-state index contributed by atoms with van der Waals surface area (Å²) in [5.74, 6) is 1.67. The fourth-order valence-corrected chi connectivity index (χ4v) is 9.27. The molecule has 1 aliphatic rings. The SMILES string of the molecule is c1ccc(-c2ccc(N(c3ccc(-c4ccc5c(c4)Oc4ccccc4N5c4ccccc4)cc3)c3ccc(-c4ccc5sc6ccccc6c5c4)cc3)cc2)cc1. The Bertz CT molecular complexity index is 3070. The largest absolute Gasteiger partial charge is 0.453 e. The number of rotatable bonds is 7. The molecule has 3 nitrogen and oxygen atoms in total. The summed E-state index contributed by atoms with van der Waals surface area (Å²) < 4.78 is 9.18. The molecule has 1 aromatic heterocycles. The summed E-state index contributed by atoms with van der Waals surface area (Å²) in [6, 6.07) is 78.0. The summed E-state index contributed by atoms with van der Waals surface area (Å²) >= 11 is 1.85. The zero-order chi connectivity index (χ0) is 38.4. The second-order valence-electron chi connectivity index (χ2n) is 14.6. The summed E-state index contributed by atoms with van der Waals surface area (Å²) in [5, 5.41) is 2.63. The van der Waals surface area contributed by atoms with Crippen molar-refractivity contribution in [3.63, 3.8) is 0 Å². The zero-order valence-corrected chi connectivity index (χ0v) is 32.3. The molecule has 1 aliphatic heterocycles. The number of benzene rings is 9. The predicted molar refractivity (Wildman–Crippen MR) is 245 cm³/mol. The number of nitrogens with zero attached hydrogens (tertiary/aromatic N) is 2. The molecule has 11 rings (SSSR count). The number of fused-ring (bicyclic) bond motifs is 5. The van der Waals surface area contributed by atoms with Gasteiger partial charge in [-0.15, -0.1) is 11.3 Å². The van der Waals surface area contributed by atoms with E-state index in [1.165, 1.54) is 42.4 Å². The van der Waals surface area contributed by atoms with E-state index in [0.717, 1.165) is 56.8 Å². The highest BCUT2D eigenvalue weighted by Gasteiger charge is 2.26. The number of hydrogen-bond donors (Lipinski definition) is 0. The van der Waals surface area contributed by atoms with Crippen molar-refractivity contribution in [2.45, 2.75) is 0 Å². The Morgan fingerprint density at radius 3 is 1.52 bits per heavy atom. The maximum absolute atomic E-state index is 6.54. The molecule has 0 saturated carbocycles. The normalized spacial score (nSPS) is 11.9. The molecule has 0 saturated heterocycles. The topological polar surface area (TPSA) is 15.7 Å². The smallest absolute Gasteiger partial charge is 0.152 e. The molecule has 0 spiro atoms. The van der Waals surface area contributed by atoms with E-state index in [9.17, 15) is 0 Å². The minimum atomic E-state index is 0.829. The van der Waals surface area contributed by atoms with Crippen molar-refractivity contribution in [2.24, 2.45) is 0 Å². The molecule has 9 aromatic carbocycles. The van der Waals surface area contributed by atoms with Gasteiger partial charge in [0.25, 0.3) is 0 Å². The molecular formula is C54H36N2OS. The molecule has 58 heavy (non-hydrogen) atoms. The van der Waals surface area contributed by atoms with Crippen molar-refractivity contribution in [1.82, 2.24) is 0 Å². The van der Waals surface area contributed by atoms with E-state index < -0.39 is 0 Å². The predicted octanol–water partition coefficient (Wildman–Crippen LogP) is 16.1. The fraction of sp³-hybridized carbons (Fsp3) is 0. The van der Waals surface area contributed by atoms with E-state index in [4.69, 9.17) is 4.74 Å². The minimum Gasteiger partial charge on any atom is -0.453 e. The van der Waals surface area contributed by atoms with Crippen LogP contribution in [0.3, 0.4) is 0 Å². The number of thiophene rings is 1. The van der Waals surface area contributed by atoms with E-state index in [0.29, 0.717) is 0 Å². The van der Waals surface area contributed by atoms with Gasteiger partial charge in [-0.05, 0) is 124 Å². The van der Waals surface area contributed by atoms with Gasteiger partial charge in [-0.1, -0.05) is 127 Å². The van der Waals surface area contributed by atoms with Gasteiger partial charge in [0, 0.05) is 42.9 Å². The van der Waals surface area contributed by atoms with Crippen molar-refractivity contribution < 1.29 is 4.74 Å². The van der Waals surface area contributed by atoms with E-state index in [1.807, 2.05) is 29.5 Å². The lowest BCUT2D eigenvalue weighted by Gasteiger charge is -2.33.